The van der Waals surface area contributed by atoms with Crippen LogP contribution in [0.15, 0.2) is 12.5 Å². The van der Waals surface area contributed by atoms with Crippen LogP contribution in [0.2, 0.25) is 0 Å². The van der Waals surface area contributed by atoms with Gasteiger partial charge in [-0.15, -0.1) is 21.9 Å². The first kappa shape index (κ1) is 74.2. The number of aromatic nitrogens is 2. The molecule has 0 unspecified atom stereocenters. The molecule has 5 aromatic rings. The van der Waals surface area contributed by atoms with E-state index >= 15 is 35.1 Å². The molecule has 0 spiro atoms. The molecule has 87 heavy (non-hydrogen) atoms. The van der Waals surface area contributed by atoms with E-state index in [1.54, 1.807) is 0 Å². The van der Waals surface area contributed by atoms with Crippen molar-refractivity contribution in [2.45, 2.75) is 239 Å². The van der Waals surface area contributed by atoms with Crippen LogP contribution in [0.4, 0.5) is 87.8 Å². The second kappa shape index (κ2) is 37.7. The Kier molecular flexibility index (Phi) is 32.1. The van der Waals surface area contributed by atoms with Crippen LogP contribution in [0.3, 0.4) is 0 Å². The molecule has 0 bridgehead atoms. The van der Waals surface area contributed by atoms with Gasteiger partial charge in [0, 0.05) is 6.42 Å². The molecule has 1 aromatic heterocycles. The monoisotopic (exact) mass is 1270 g/mol. The number of hydrogen-bond acceptors (Lipinski definition) is 0. The summed E-state index contributed by atoms with van der Waals surface area (Å²) in [4.78, 5) is 3.53. The number of hydrogen-bond donors (Lipinski definition) is 1. The normalized spacial score (nSPS) is 11.8. The maximum absolute atomic E-state index is 15.4. The highest BCUT2D eigenvalue weighted by Crippen LogP contribution is 2.31. The number of imidazole rings is 1. The minimum atomic E-state index is -7.22. The molecule has 0 saturated carbocycles. The van der Waals surface area contributed by atoms with E-state index in [1.165, 1.54) is 231 Å². The summed E-state index contributed by atoms with van der Waals surface area (Å²) in [6.45, 7) is 5.80. The van der Waals surface area contributed by atoms with Gasteiger partial charge in [-0.1, -0.05) is 206 Å². The average molecular weight is 1270 g/mol. The van der Waals surface area contributed by atoms with E-state index in [-0.39, 0.29) is 0 Å². The number of aryl methyl sites for hydroxylation is 2. The minimum absolute atomic E-state index is 1.19. The molecule has 1 heterocycles. The van der Waals surface area contributed by atoms with Gasteiger partial charge in [-0.2, -0.15) is 0 Å². The van der Waals surface area contributed by atoms with Crippen molar-refractivity contribution < 1.29 is 92.4 Å². The molecule has 0 fully saturated rings. The first-order chi connectivity index (χ1) is 41.6. The van der Waals surface area contributed by atoms with Gasteiger partial charge >= 0.3 is 0 Å². The number of H-pyrrole nitrogens is 1. The Morgan fingerprint density at radius 2 is 0.437 bits per heavy atom. The lowest BCUT2D eigenvalue weighted by atomic mass is 9.12. The fourth-order valence-electron chi connectivity index (χ4n) is 11.5. The SMILES string of the molecule is CCCCCCCCCCCCCCCCCCCc1c[n+](CCCCCCCCCCCCCCCCCC)c[nH]1.Fc1c(F)c(F)c([B-](c2c(F)c(F)c(F)c(F)c2F)(c2c(F)c(F)c(F)c(F)c2F)c2c(F)c(F)c(F)c(F)c2F)c(F)c1F. The summed E-state index contributed by atoms with van der Waals surface area (Å²) < 4.78 is 296. The van der Waals surface area contributed by atoms with E-state index in [4.69, 9.17) is 0 Å². The van der Waals surface area contributed by atoms with E-state index in [2.05, 4.69) is 35.9 Å². The van der Waals surface area contributed by atoms with Crippen LogP contribution in [0.1, 0.15) is 231 Å². The lowest BCUT2D eigenvalue weighted by Crippen LogP contribution is -2.81. The van der Waals surface area contributed by atoms with Crippen LogP contribution in [-0.4, -0.2) is 11.1 Å². The Labute approximate surface area is 497 Å². The van der Waals surface area contributed by atoms with Crippen LogP contribution in [0, 0.1) is 116 Å². The smallest absolute Gasteiger partial charge is 0.241 e. The number of rotatable bonds is 39. The number of nitrogens with one attached hydrogen (secondary N) is 1. The number of aromatic amines is 1. The quantitative estimate of drug-likeness (QED) is 0.0101. The molecule has 0 aliphatic heterocycles. The number of unbranched alkanes of at least 4 members (excludes halogenated alkanes) is 31. The minimum Gasteiger partial charge on any atom is -0.248 e. The molecule has 1 N–H and O–H groups in total. The van der Waals surface area contributed by atoms with Gasteiger partial charge in [-0.3, -0.25) is 0 Å². The Balaban J connectivity index is 0.000000374. The van der Waals surface area contributed by atoms with Crippen molar-refractivity contribution in [1.29, 1.82) is 0 Å². The molecule has 23 heteroatoms. The zero-order valence-electron chi connectivity index (χ0n) is 49.5. The third-order valence-corrected chi connectivity index (χ3v) is 16.3. The largest absolute Gasteiger partial charge is 0.248 e. The number of halogens is 20. The fourth-order valence-corrected chi connectivity index (χ4v) is 11.5. The molecular formula is C64H79BF20N2. The van der Waals surface area contributed by atoms with Crippen molar-refractivity contribution in [2.24, 2.45) is 0 Å². The van der Waals surface area contributed by atoms with Gasteiger partial charge < -0.3 is 0 Å². The second-order valence-corrected chi connectivity index (χ2v) is 22.7. The highest BCUT2D eigenvalue weighted by atomic mass is 19.2. The summed E-state index contributed by atoms with van der Waals surface area (Å²) in [5, 5.41) is 0. The molecule has 0 radical (unpaired) electrons. The van der Waals surface area contributed by atoms with E-state index in [0.717, 1.165) is 0 Å². The summed E-state index contributed by atoms with van der Waals surface area (Å²) in [7, 11) is 0. The molecule has 0 amide bonds. The summed E-state index contributed by atoms with van der Waals surface area (Å²) >= 11 is 0. The molecule has 5 rings (SSSR count). The molecule has 0 aliphatic rings. The van der Waals surface area contributed by atoms with Crippen LogP contribution in [0.25, 0.3) is 0 Å². The zero-order valence-corrected chi connectivity index (χ0v) is 49.5. The highest BCUT2D eigenvalue weighted by molar-refractivity contribution is 7.20. The Morgan fingerprint density at radius 3 is 0.655 bits per heavy atom. The maximum atomic E-state index is 15.4. The summed E-state index contributed by atoms with van der Waals surface area (Å²) in [6.07, 6.45) is 46.3. The van der Waals surface area contributed by atoms with Crippen molar-refractivity contribution in [3.05, 3.63) is 135 Å². The Bertz CT molecular complexity index is 2550. The lowest BCUT2D eigenvalue weighted by molar-refractivity contribution is -0.696. The average Bonchev–Trinajstić information content (AvgIpc) is 0.872. The topological polar surface area (TPSA) is 19.7 Å². The lowest BCUT2D eigenvalue weighted by Gasteiger charge is -2.44. The van der Waals surface area contributed by atoms with Crippen molar-refractivity contribution in [3.63, 3.8) is 0 Å². The summed E-state index contributed by atoms with van der Waals surface area (Å²) in [5.74, 6) is -71.4. The predicted octanol–water partition coefficient (Wildman–Crippen LogP) is 19.6. The van der Waals surface area contributed by atoms with E-state index in [1.807, 2.05) is 0 Å². The molecule has 0 atom stereocenters. The standard InChI is InChI=1S/C40H78N2.C24BF20/c1-3-5-7-9-11-13-15-17-19-21-22-24-26-28-30-32-34-36-40-38-42(39-41-40)37-35-33-31-29-27-25-23-20-18-16-14-12-10-8-6-4-2;26-5-1(6(27)14(35)21(42)13(5)34)25(2-7(28)15(36)22(43)16(37)8(2)29,3-9(30)17(38)23(44)18(39)10(3)31)4-11(32)19(40)24(45)20(41)12(4)33/h38-39H,3-37H2,1-2H3;/q;-1/p+1. The van der Waals surface area contributed by atoms with Gasteiger partial charge in [0.05, 0.1) is 6.54 Å². The highest BCUT2D eigenvalue weighted by Gasteiger charge is 2.52. The summed E-state index contributed by atoms with van der Waals surface area (Å²) in [5.41, 5.74) is -12.9. The number of nitrogens with zero attached hydrogens (tertiary/aromatic N) is 1. The molecular weight excluding hydrogens is 1190 g/mol. The van der Waals surface area contributed by atoms with Gasteiger partial charge in [-0.25, -0.2) is 97.4 Å². The van der Waals surface area contributed by atoms with Gasteiger partial charge in [-0.05, 0) is 19.3 Å². The summed E-state index contributed by atoms with van der Waals surface area (Å²) in [6, 6.07) is 0. The predicted molar refractivity (Wildman–Crippen MR) is 298 cm³/mol. The van der Waals surface area contributed by atoms with E-state index in [9.17, 15) is 52.7 Å². The van der Waals surface area contributed by atoms with Crippen LogP contribution in [0.5, 0.6) is 0 Å². The first-order valence-electron chi connectivity index (χ1n) is 30.9. The van der Waals surface area contributed by atoms with Gasteiger partial charge in [0.2, 0.25) is 6.33 Å². The van der Waals surface area contributed by atoms with E-state index < -0.39 is 144 Å². The van der Waals surface area contributed by atoms with Gasteiger partial charge in [0.15, 0.2) is 69.8 Å². The third-order valence-electron chi connectivity index (χ3n) is 16.3. The molecule has 0 aliphatic carbocycles. The number of benzene rings is 4. The molecule has 4 aromatic carbocycles. The maximum Gasteiger partial charge on any atom is 0.241 e. The van der Waals surface area contributed by atoms with Gasteiger partial charge in [0.1, 0.15) is 64.6 Å². The zero-order chi connectivity index (χ0) is 64.4. The fraction of sp³-hybridized carbons (Fsp3) is 0.578. The Hall–Kier alpha value is -5.25. The van der Waals surface area contributed by atoms with Gasteiger partial charge in [0.25, 0.3) is 0 Å². The van der Waals surface area contributed by atoms with Crippen molar-refractivity contribution >= 4 is 28.0 Å². The van der Waals surface area contributed by atoms with Crippen molar-refractivity contribution in [1.82, 2.24) is 4.98 Å². The van der Waals surface area contributed by atoms with Crippen molar-refractivity contribution in [3.8, 4) is 0 Å². The molecule has 488 valence electrons. The first-order valence-corrected chi connectivity index (χ1v) is 30.9. The van der Waals surface area contributed by atoms with Crippen LogP contribution in [-0.2, 0) is 13.0 Å². The van der Waals surface area contributed by atoms with Crippen LogP contribution >= 0.6 is 0 Å². The molecule has 2 nitrogen and oxygen atoms in total. The van der Waals surface area contributed by atoms with E-state index in [0.29, 0.717) is 0 Å². The second-order valence-electron chi connectivity index (χ2n) is 22.7. The third kappa shape index (κ3) is 19.4. The van der Waals surface area contributed by atoms with Crippen LogP contribution < -0.4 is 26.4 Å². The molecule has 0 saturated heterocycles. The van der Waals surface area contributed by atoms with Crippen molar-refractivity contribution in [2.75, 3.05) is 0 Å². The Morgan fingerprint density at radius 1 is 0.253 bits per heavy atom.